The van der Waals surface area contributed by atoms with Gasteiger partial charge in [-0.3, -0.25) is 0 Å². The summed E-state index contributed by atoms with van der Waals surface area (Å²) in [5, 5.41) is 0. The van der Waals surface area contributed by atoms with E-state index in [0.29, 0.717) is 0 Å². The number of halogens is 1. The minimum atomic E-state index is -0.194. The van der Waals surface area contributed by atoms with Crippen LogP contribution in [0.3, 0.4) is 0 Å². The molecule has 3 nitrogen and oxygen atoms in total. The number of hydrogen-bond acceptors (Lipinski definition) is 3. The van der Waals surface area contributed by atoms with Crippen LogP contribution in [0, 0.1) is 3.57 Å². The third-order valence-corrected chi connectivity index (χ3v) is 4.26. The second-order valence-electron chi connectivity index (χ2n) is 4.82. The Labute approximate surface area is 139 Å². The topological polar surface area (TPSA) is 44.5 Å². The van der Waals surface area contributed by atoms with E-state index in [0.717, 1.165) is 27.1 Å². The molecule has 2 atom stereocenters. The molecule has 0 spiro atoms. The summed E-state index contributed by atoms with van der Waals surface area (Å²) in [5.74, 6) is 1.67. The molecule has 0 aliphatic carbocycles. The van der Waals surface area contributed by atoms with E-state index in [2.05, 4.69) is 29.5 Å². The Hall–Kier alpha value is -1.27. The summed E-state index contributed by atoms with van der Waals surface area (Å²) < 4.78 is 12.6. The summed E-state index contributed by atoms with van der Waals surface area (Å²) in [6.45, 7) is 2.07. The molecule has 2 aromatic rings. The summed E-state index contributed by atoms with van der Waals surface area (Å²) in [6.07, 6.45) is 0.645. The lowest BCUT2D eigenvalue weighted by Gasteiger charge is -2.25. The largest absolute Gasteiger partial charge is 0.497 e. The molecular formula is C17H20INO2. The first-order valence-corrected chi connectivity index (χ1v) is 8.04. The molecule has 0 bridgehead atoms. The zero-order valence-electron chi connectivity index (χ0n) is 12.3. The number of hydrogen-bond donors (Lipinski definition) is 1. The van der Waals surface area contributed by atoms with Gasteiger partial charge in [0.05, 0.1) is 10.7 Å². The fourth-order valence-electron chi connectivity index (χ4n) is 2.11. The van der Waals surface area contributed by atoms with Crippen LogP contribution in [0.25, 0.3) is 0 Å². The van der Waals surface area contributed by atoms with Crippen molar-refractivity contribution in [2.24, 2.45) is 5.73 Å². The standard InChI is InChI=1S/C17H20INO2/c1-3-15(19)17(12-7-6-8-13(11-12)20-2)21-16-10-5-4-9-14(16)18/h4-11,15,17H,3,19H2,1-2H3. The van der Waals surface area contributed by atoms with Gasteiger partial charge in [0.15, 0.2) is 0 Å². The van der Waals surface area contributed by atoms with Crippen molar-refractivity contribution in [1.29, 1.82) is 0 Å². The van der Waals surface area contributed by atoms with E-state index in [9.17, 15) is 0 Å². The van der Waals surface area contributed by atoms with Crippen molar-refractivity contribution in [2.45, 2.75) is 25.5 Å². The zero-order chi connectivity index (χ0) is 15.2. The van der Waals surface area contributed by atoms with Gasteiger partial charge in [-0.1, -0.05) is 31.2 Å². The second-order valence-corrected chi connectivity index (χ2v) is 5.98. The molecule has 0 aliphatic heterocycles. The Bertz CT molecular complexity index is 589. The molecule has 0 heterocycles. The van der Waals surface area contributed by atoms with Crippen molar-refractivity contribution in [1.82, 2.24) is 0 Å². The van der Waals surface area contributed by atoms with Crippen LogP contribution in [-0.2, 0) is 0 Å². The van der Waals surface area contributed by atoms with Gasteiger partial charge >= 0.3 is 0 Å². The Balaban J connectivity index is 2.32. The van der Waals surface area contributed by atoms with E-state index >= 15 is 0 Å². The maximum absolute atomic E-state index is 6.27. The SMILES string of the molecule is CCC(N)C(Oc1ccccc1I)c1cccc(OC)c1. The van der Waals surface area contributed by atoms with Crippen LogP contribution in [0.4, 0.5) is 0 Å². The minimum absolute atomic E-state index is 0.0758. The summed E-state index contributed by atoms with van der Waals surface area (Å²) in [4.78, 5) is 0. The second kappa shape index (κ2) is 7.66. The predicted molar refractivity (Wildman–Crippen MR) is 93.8 cm³/mol. The summed E-state index contributed by atoms with van der Waals surface area (Å²) in [6, 6.07) is 15.8. The van der Waals surface area contributed by atoms with Gasteiger partial charge in [-0.25, -0.2) is 0 Å². The van der Waals surface area contributed by atoms with Crippen LogP contribution in [0.15, 0.2) is 48.5 Å². The van der Waals surface area contributed by atoms with Crippen LogP contribution < -0.4 is 15.2 Å². The van der Waals surface area contributed by atoms with Crippen LogP contribution in [-0.4, -0.2) is 13.2 Å². The fourth-order valence-corrected chi connectivity index (χ4v) is 2.63. The van der Waals surface area contributed by atoms with Crippen molar-refractivity contribution in [3.05, 3.63) is 57.7 Å². The van der Waals surface area contributed by atoms with Gasteiger partial charge in [0, 0.05) is 6.04 Å². The van der Waals surface area contributed by atoms with E-state index < -0.39 is 0 Å². The molecule has 0 aliphatic rings. The molecule has 2 rings (SSSR count). The van der Waals surface area contributed by atoms with Gasteiger partial charge < -0.3 is 15.2 Å². The van der Waals surface area contributed by atoms with Crippen molar-refractivity contribution >= 4 is 22.6 Å². The Kier molecular flexibility index (Phi) is 5.87. The predicted octanol–water partition coefficient (Wildman–Crippen LogP) is 4.16. The monoisotopic (exact) mass is 397 g/mol. The van der Waals surface area contributed by atoms with Crippen LogP contribution >= 0.6 is 22.6 Å². The lowest BCUT2D eigenvalue weighted by molar-refractivity contribution is 0.169. The van der Waals surface area contributed by atoms with Crippen molar-refractivity contribution in [3.8, 4) is 11.5 Å². The third kappa shape index (κ3) is 4.11. The number of rotatable bonds is 6. The lowest BCUT2D eigenvalue weighted by Crippen LogP contribution is -2.31. The van der Waals surface area contributed by atoms with Gasteiger partial charge in [-0.05, 0) is 58.8 Å². The summed E-state index contributed by atoms with van der Waals surface area (Å²) >= 11 is 2.27. The van der Waals surface area contributed by atoms with Crippen LogP contribution in [0.1, 0.15) is 25.0 Å². The molecule has 4 heteroatoms. The van der Waals surface area contributed by atoms with E-state index in [4.69, 9.17) is 15.2 Å². The minimum Gasteiger partial charge on any atom is -0.497 e. The molecule has 0 aromatic heterocycles. The number of ether oxygens (including phenoxy) is 2. The number of nitrogens with two attached hydrogens (primary N) is 1. The van der Waals surface area contributed by atoms with Gasteiger partial charge in [0.1, 0.15) is 17.6 Å². The molecule has 0 fully saturated rings. The van der Waals surface area contributed by atoms with E-state index in [1.165, 1.54) is 0 Å². The average molecular weight is 397 g/mol. The van der Waals surface area contributed by atoms with Gasteiger partial charge in [0.25, 0.3) is 0 Å². The number of benzene rings is 2. The molecule has 0 saturated heterocycles. The molecular weight excluding hydrogens is 377 g/mol. The third-order valence-electron chi connectivity index (χ3n) is 3.37. The van der Waals surface area contributed by atoms with E-state index in [1.54, 1.807) is 7.11 Å². The van der Waals surface area contributed by atoms with Gasteiger partial charge in [0.2, 0.25) is 0 Å². The van der Waals surface area contributed by atoms with E-state index in [-0.39, 0.29) is 12.1 Å². The van der Waals surface area contributed by atoms with Crippen LogP contribution in [0.5, 0.6) is 11.5 Å². The normalized spacial score (nSPS) is 13.5. The Morgan fingerprint density at radius 2 is 1.90 bits per heavy atom. The number of methoxy groups -OCH3 is 1. The Morgan fingerprint density at radius 1 is 1.14 bits per heavy atom. The maximum Gasteiger partial charge on any atom is 0.139 e. The first-order chi connectivity index (χ1) is 10.2. The molecule has 2 unspecified atom stereocenters. The van der Waals surface area contributed by atoms with Crippen molar-refractivity contribution < 1.29 is 9.47 Å². The molecule has 0 saturated carbocycles. The highest BCUT2D eigenvalue weighted by Crippen LogP contribution is 2.30. The molecule has 2 N–H and O–H groups in total. The quantitative estimate of drug-likeness (QED) is 0.745. The van der Waals surface area contributed by atoms with Gasteiger partial charge in [-0.2, -0.15) is 0 Å². The van der Waals surface area contributed by atoms with E-state index in [1.807, 2.05) is 48.5 Å². The van der Waals surface area contributed by atoms with Crippen molar-refractivity contribution in [2.75, 3.05) is 7.11 Å². The molecule has 0 radical (unpaired) electrons. The average Bonchev–Trinajstić information content (AvgIpc) is 2.53. The molecule has 0 amide bonds. The summed E-state index contributed by atoms with van der Waals surface area (Å²) in [5.41, 5.74) is 7.30. The first kappa shape index (κ1) is 16.1. The van der Waals surface area contributed by atoms with Crippen molar-refractivity contribution in [3.63, 3.8) is 0 Å². The molecule has 21 heavy (non-hydrogen) atoms. The highest BCUT2D eigenvalue weighted by Gasteiger charge is 2.21. The summed E-state index contributed by atoms with van der Waals surface area (Å²) in [7, 11) is 1.66. The zero-order valence-corrected chi connectivity index (χ0v) is 14.4. The van der Waals surface area contributed by atoms with Crippen LogP contribution in [0.2, 0.25) is 0 Å². The first-order valence-electron chi connectivity index (χ1n) is 6.96. The fraction of sp³-hybridized carbons (Fsp3) is 0.294. The number of para-hydroxylation sites is 1. The lowest BCUT2D eigenvalue weighted by atomic mass is 10.0. The van der Waals surface area contributed by atoms with Gasteiger partial charge in [-0.15, -0.1) is 0 Å². The Morgan fingerprint density at radius 3 is 2.57 bits per heavy atom. The highest BCUT2D eigenvalue weighted by atomic mass is 127. The maximum atomic E-state index is 6.27. The smallest absolute Gasteiger partial charge is 0.139 e. The molecule has 112 valence electrons. The molecule has 2 aromatic carbocycles. The highest BCUT2D eigenvalue weighted by molar-refractivity contribution is 14.1.